The first-order valence-electron chi connectivity index (χ1n) is 10.5. The molecule has 1 aliphatic rings. The first-order valence-corrected chi connectivity index (χ1v) is 10.5. The van der Waals surface area contributed by atoms with Crippen LogP contribution < -0.4 is 5.32 Å². The molecule has 4 aromatic rings. The summed E-state index contributed by atoms with van der Waals surface area (Å²) in [6, 6.07) is 1.85. The fourth-order valence-corrected chi connectivity index (χ4v) is 4.39. The maximum Gasteiger partial charge on any atom is 0.338 e. The maximum atomic E-state index is 12.4. The Morgan fingerprint density at radius 1 is 1.25 bits per heavy atom. The quantitative estimate of drug-likeness (QED) is 0.416. The van der Waals surface area contributed by atoms with Crippen LogP contribution in [0.25, 0.3) is 28.4 Å². The highest BCUT2D eigenvalue weighted by molar-refractivity contribution is 6.06. The van der Waals surface area contributed by atoms with Crippen molar-refractivity contribution in [1.82, 2.24) is 33.9 Å². The third-order valence-electron chi connectivity index (χ3n) is 6.00. The zero-order valence-electron chi connectivity index (χ0n) is 17.8. The van der Waals surface area contributed by atoms with Gasteiger partial charge in [-0.05, 0) is 31.2 Å². The highest BCUT2D eigenvalue weighted by atomic mass is 16.4. The molecule has 0 saturated heterocycles. The summed E-state index contributed by atoms with van der Waals surface area (Å²) >= 11 is 0. The lowest BCUT2D eigenvalue weighted by atomic mass is 10.1. The van der Waals surface area contributed by atoms with Crippen LogP contribution in [0.2, 0.25) is 0 Å². The number of hydrogen-bond acceptors (Lipinski definition) is 7. The van der Waals surface area contributed by atoms with Crippen LogP contribution in [-0.2, 0) is 14.1 Å². The second-order valence-electron chi connectivity index (χ2n) is 8.24. The van der Waals surface area contributed by atoms with Crippen LogP contribution in [0.4, 0.5) is 5.82 Å². The van der Waals surface area contributed by atoms with Gasteiger partial charge in [0.2, 0.25) is 5.82 Å². The number of aryl methyl sites for hydroxylation is 2. The van der Waals surface area contributed by atoms with E-state index in [2.05, 4.69) is 20.5 Å². The van der Waals surface area contributed by atoms with Gasteiger partial charge < -0.3 is 20.1 Å². The van der Waals surface area contributed by atoms with E-state index in [-0.39, 0.29) is 24.1 Å². The van der Waals surface area contributed by atoms with Crippen LogP contribution in [0.1, 0.15) is 29.6 Å². The largest absolute Gasteiger partial charge is 0.478 e. The van der Waals surface area contributed by atoms with Gasteiger partial charge >= 0.3 is 5.97 Å². The highest BCUT2D eigenvalue weighted by Crippen LogP contribution is 2.34. The van der Waals surface area contributed by atoms with Gasteiger partial charge in [-0.3, -0.25) is 4.68 Å². The van der Waals surface area contributed by atoms with Gasteiger partial charge in [-0.25, -0.2) is 19.3 Å². The molecule has 1 fully saturated rings. The number of fused-ring (bicyclic) bond motifs is 1. The van der Waals surface area contributed by atoms with Gasteiger partial charge in [0.05, 0.1) is 11.3 Å². The van der Waals surface area contributed by atoms with E-state index < -0.39 is 5.97 Å². The predicted molar refractivity (Wildman–Crippen MR) is 116 cm³/mol. The molecule has 0 spiro atoms. The number of carbonyl (C=O) groups is 1. The number of hydrogen-bond donors (Lipinski definition) is 3. The van der Waals surface area contributed by atoms with Crippen LogP contribution in [-0.4, -0.2) is 62.8 Å². The summed E-state index contributed by atoms with van der Waals surface area (Å²) in [5, 5.41) is 32.0. The summed E-state index contributed by atoms with van der Waals surface area (Å²) in [7, 11) is 3.63. The summed E-state index contributed by atoms with van der Waals surface area (Å²) in [6.07, 6.45) is 9.48. The van der Waals surface area contributed by atoms with Crippen LogP contribution in [0, 0.1) is 5.92 Å². The summed E-state index contributed by atoms with van der Waals surface area (Å²) in [4.78, 5) is 21.4. The van der Waals surface area contributed by atoms with Gasteiger partial charge in [-0.2, -0.15) is 5.10 Å². The van der Waals surface area contributed by atoms with Gasteiger partial charge in [0, 0.05) is 57.1 Å². The molecule has 11 nitrogen and oxygen atoms in total. The third-order valence-corrected chi connectivity index (χ3v) is 6.00. The Labute approximate surface area is 183 Å². The Morgan fingerprint density at radius 3 is 2.72 bits per heavy atom. The molecule has 3 N–H and O–H groups in total. The molecule has 0 bridgehead atoms. The predicted octanol–water partition coefficient (Wildman–Crippen LogP) is 1.80. The maximum absolute atomic E-state index is 12.4. The molecule has 32 heavy (non-hydrogen) atoms. The standard InChI is InChI=1S/C21H24N8O3/c1-27-8-6-22-20(27)19-24-18(23-13-4-3-12(9-13)11-30)17-16(21(31)32)14(10-29(17)26-19)15-5-7-28(2)25-15/h5-8,10,12-13,30H,3-4,9,11H2,1-2H3,(H,31,32)(H,23,24,26)/t12-,13-/m0/s1. The van der Waals surface area contributed by atoms with E-state index in [0.29, 0.717) is 34.2 Å². The zero-order valence-corrected chi connectivity index (χ0v) is 17.8. The second-order valence-corrected chi connectivity index (χ2v) is 8.24. The van der Waals surface area contributed by atoms with E-state index in [4.69, 9.17) is 4.98 Å². The molecular formula is C21H24N8O3. The first kappa shape index (κ1) is 20.2. The molecule has 4 aromatic heterocycles. The van der Waals surface area contributed by atoms with Crippen LogP contribution in [0.15, 0.2) is 30.9 Å². The lowest BCUT2D eigenvalue weighted by Gasteiger charge is -2.16. The molecule has 0 amide bonds. The Morgan fingerprint density at radius 2 is 2.09 bits per heavy atom. The van der Waals surface area contributed by atoms with E-state index in [1.807, 2.05) is 11.6 Å². The Balaban J connectivity index is 1.71. The van der Waals surface area contributed by atoms with Gasteiger partial charge in [0.15, 0.2) is 11.6 Å². The third kappa shape index (κ3) is 3.40. The number of aromatic nitrogens is 7. The summed E-state index contributed by atoms with van der Waals surface area (Å²) in [5.74, 6) is 0.530. The number of carboxylic acids is 1. The van der Waals surface area contributed by atoms with Gasteiger partial charge in [0.25, 0.3) is 0 Å². The van der Waals surface area contributed by atoms with Crippen molar-refractivity contribution in [2.45, 2.75) is 25.3 Å². The van der Waals surface area contributed by atoms with Crippen LogP contribution in [0.5, 0.6) is 0 Å². The molecule has 11 heteroatoms. The monoisotopic (exact) mass is 436 g/mol. The van der Waals surface area contributed by atoms with E-state index in [1.54, 1.807) is 47.1 Å². The molecule has 0 aliphatic heterocycles. The molecule has 5 rings (SSSR count). The van der Waals surface area contributed by atoms with E-state index in [9.17, 15) is 15.0 Å². The summed E-state index contributed by atoms with van der Waals surface area (Å²) in [5.41, 5.74) is 1.48. The molecule has 4 heterocycles. The fraction of sp³-hybridized carbons (Fsp3) is 0.381. The smallest absolute Gasteiger partial charge is 0.338 e. The number of imidazole rings is 1. The zero-order chi connectivity index (χ0) is 22.4. The topological polar surface area (TPSA) is 135 Å². The Kier molecular flexibility index (Phi) is 4.89. The van der Waals surface area contributed by atoms with Gasteiger partial charge in [-0.15, -0.1) is 5.10 Å². The van der Waals surface area contributed by atoms with Gasteiger partial charge in [0.1, 0.15) is 5.52 Å². The molecular weight excluding hydrogens is 412 g/mol. The number of nitrogens with one attached hydrogen (secondary N) is 1. The van der Waals surface area contributed by atoms with Crippen molar-refractivity contribution in [3.63, 3.8) is 0 Å². The van der Waals surface area contributed by atoms with E-state index >= 15 is 0 Å². The summed E-state index contributed by atoms with van der Waals surface area (Å²) in [6.45, 7) is 0.144. The molecule has 166 valence electrons. The minimum Gasteiger partial charge on any atom is -0.478 e. The van der Waals surface area contributed by atoms with E-state index in [1.165, 1.54) is 0 Å². The SMILES string of the molecule is Cn1ccc(-c2cn3nc(-c4nccn4C)nc(N[C@H]4CC[C@H](CO)C4)c3c2C(=O)O)n1. The first-order chi connectivity index (χ1) is 15.4. The molecule has 1 saturated carbocycles. The number of aromatic carboxylic acids is 1. The van der Waals surface area contributed by atoms with Crippen LogP contribution in [0.3, 0.4) is 0 Å². The normalized spacial score (nSPS) is 18.5. The van der Waals surface area contributed by atoms with Crippen LogP contribution >= 0.6 is 0 Å². The fourth-order valence-electron chi connectivity index (χ4n) is 4.39. The molecule has 0 radical (unpaired) electrons. The second kappa shape index (κ2) is 7.75. The number of nitrogens with zero attached hydrogens (tertiary/aromatic N) is 7. The number of rotatable bonds is 6. The van der Waals surface area contributed by atoms with Crippen molar-refractivity contribution in [2.75, 3.05) is 11.9 Å². The molecule has 2 atom stereocenters. The molecule has 0 aromatic carbocycles. The molecule has 1 aliphatic carbocycles. The Hall–Kier alpha value is -3.73. The lowest BCUT2D eigenvalue weighted by molar-refractivity contribution is 0.0700. The minimum absolute atomic E-state index is 0.0786. The lowest BCUT2D eigenvalue weighted by Crippen LogP contribution is -2.19. The van der Waals surface area contributed by atoms with Crippen molar-refractivity contribution in [3.8, 4) is 22.9 Å². The van der Waals surface area contributed by atoms with Crippen molar-refractivity contribution in [1.29, 1.82) is 0 Å². The average Bonchev–Trinajstić information content (AvgIpc) is 3.53. The number of carboxylic acid groups (broad SMARTS) is 1. The average molecular weight is 436 g/mol. The van der Waals surface area contributed by atoms with E-state index in [0.717, 1.165) is 19.3 Å². The van der Waals surface area contributed by atoms with Crippen molar-refractivity contribution in [3.05, 3.63) is 36.4 Å². The number of aliphatic hydroxyl groups excluding tert-OH is 1. The highest BCUT2D eigenvalue weighted by Gasteiger charge is 2.29. The summed E-state index contributed by atoms with van der Waals surface area (Å²) < 4.78 is 4.98. The Bertz CT molecular complexity index is 1300. The van der Waals surface area contributed by atoms with Gasteiger partial charge in [-0.1, -0.05) is 0 Å². The van der Waals surface area contributed by atoms with Crippen molar-refractivity contribution >= 4 is 17.3 Å². The number of aliphatic hydroxyl groups is 1. The number of anilines is 1. The minimum atomic E-state index is -1.08. The van der Waals surface area contributed by atoms with Crippen molar-refractivity contribution in [2.24, 2.45) is 20.0 Å². The van der Waals surface area contributed by atoms with Crippen molar-refractivity contribution < 1.29 is 15.0 Å². The molecule has 0 unspecified atom stereocenters.